The van der Waals surface area contributed by atoms with E-state index in [9.17, 15) is 18.0 Å². The molecule has 0 saturated heterocycles. The summed E-state index contributed by atoms with van der Waals surface area (Å²) >= 11 is 0. The second-order valence-electron chi connectivity index (χ2n) is 5.88. The van der Waals surface area contributed by atoms with E-state index in [0.717, 1.165) is 17.7 Å². The molecule has 1 aliphatic rings. The predicted octanol–water partition coefficient (Wildman–Crippen LogP) is 4.11. The van der Waals surface area contributed by atoms with Gasteiger partial charge in [-0.2, -0.15) is 13.2 Å². The van der Waals surface area contributed by atoms with Gasteiger partial charge in [0.05, 0.1) is 18.4 Å². The molecule has 2 aromatic carbocycles. The van der Waals surface area contributed by atoms with E-state index in [-0.39, 0.29) is 24.8 Å². The number of nitrogens with zero attached hydrogens (tertiary/aromatic N) is 1. The molecule has 3 rings (SSSR count). The van der Waals surface area contributed by atoms with Crippen molar-refractivity contribution in [3.05, 3.63) is 47.5 Å². The molecule has 0 unspecified atom stereocenters. The molecule has 144 valence electrons. The van der Waals surface area contributed by atoms with Crippen molar-refractivity contribution in [2.24, 2.45) is 0 Å². The highest BCUT2D eigenvalue weighted by molar-refractivity contribution is 5.90. The Balaban J connectivity index is 1.73. The lowest BCUT2D eigenvalue weighted by atomic mass is 10.1. The Labute approximate surface area is 153 Å². The van der Waals surface area contributed by atoms with Crippen LogP contribution in [0.4, 0.5) is 23.7 Å². The van der Waals surface area contributed by atoms with Crippen molar-refractivity contribution >= 4 is 11.7 Å². The summed E-state index contributed by atoms with van der Waals surface area (Å²) in [7, 11) is 2.75. The molecule has 0 fully saturated rings. The highest BCUT2D eigenvalue weighted by Crippen LogP contribution is 2.37. The van der Waals surface area contributed by atoms with E-state index in [1.54, 1.807) is 18.2 Å². The third-order valence-corrected chi connectivity index (χ3v) is 3.98. The first-order chi connectivity index (χ1) is 12.8. The molecule has 2 aromatic rings. The van der Waals surface area contributed by atoms with Gasteiger partial charge >= 0.3 is 12.2 Å². The lowest BCUT2D eigenvalue weighted by molar-refractivity contribution is -0.137. The maximum atomic E-state index is 13.2. The lowest BCUT2D eigenvalue weighted by Crippen LogP contribution is -2.31. The number of carbonyl (C=O) groups excluding carboxylic acids is 1. The molecule has 0 aromatic heterocycles. The zero-order valence-corrected chi connectivity index (χ0v) is 14.6. The normalized spacial score (nSPS) is 12.6. The number of methoxy groups -OCH3 is 1. The van der Waals surface area contributed by atoms with Crippen molar-refractivity contribution in [1.82, 2.24) is 4.90 Å². The van der Waals surface area contributed by atoms with Gasteiger partial charge in [0.15, 0.2) is 11.5 Å². The first-order valence-electron chi connectivity index (χ1n) is 7.94. The van der Waals surface area contributed by atoms with Crippen LogP contribution in [0.25, 0.3) is 0 Å². The van der Waals surface area contributed by atoms with E-state index >= 15 is 0 Å². The van der Waals surface area contributed by atoms with Gasteiger partial charge in [0.1, 0.15) is 5.75 Å². The van der Waals surface area contributed by atoms with Crippen LogP contribution in [0.15, 0.2) is 36.4 Å². The van der Waals surface area contributed by atoms with Crippen LogP contribution in [0.2, 0.25) is 0 Å². The highest BCUT2D eigenvalue weighted by atomic mass is 19.4. The van der Waals surface area contributed by atoms with Crippen molar-refractivity contribution < 1.29 is 32.2 Å². The number of urea groups is 1. The second-order valence-corrected chi connectivity index (χ2v) is 5.88. The second kappa shape index (κ2) is 7.26. The lowest BCUT2D eigenvalue weighted by Gasteiger charge is -2.20. The number of anilines is 1. The molecule has 1 heterocycles. The topological polar surface area (TPSA) is 60.0 Å². The van der Waals surface area contributed by atoms with Gasteiger partial charge in [-0.05, 0) is 35.9 Å². The minimum Gasteiger partial charge on any atom is -0.497 e. The van der Waals surface area contributed by atoms with Crippen LogP contribution < -0.4 is 19.5 Å². The number of nitrogens with one attached hydrogen (secondary N) is 1. The zero-order valence-electron chi connectivity index (χ0n) is 14.6. The van der Waals surface area contributed by atoms with Crippen LogP contribution in [0, 0.1) is 0 Å². The number of hydrogen-bond acceptors (Lipinski definition) is 4. The largest absolute Gasteiger partial charge is 0.497 e. The Morgan fingerprint density at radius 2 is 1.93 bits per heavy atom. The molecule has 0 atom stereocenters. The average molecular weight is 382 g/mol. The number of benzene rings is 2. The molecular formula is C18H17F3N2O4. The first-order valence-corrected chi connectivity index (χ1v) is 7.94. The number of halogens is 3. The summed E-state index contributed by atoms with van der Waals surface area (Å²) in [5.41, 5.74) is -0.569. The van der Waals surface area contributed by atoms with E-state index < -0.39 is 17.8 Å². The number of carbonyl (C=O) groups is 1. The van der Waals surface area contributed by atoms with Crippen LogP contribution in [-0.4, -0.2) is 31.9 Å². The quantitative estimate of drug-likeness (QED) is 0.865. The van der Waals surface area contributed by atoms with Crippen LogP contribution in [0.5, 0.6) is 17.2 Å². The number of hydrogen-bond donors (Lipinski definition) is 1. The number of ether oxygens (including phenoxy) is 3. The Kier molecular flexibility index (Phi) is 5.02. The van der Waals surface area contributed by atoms with Gasteiger partial charge in [0.25, 0.3) is 0 Å². The smallest absolute Gasteiger partial charge is 0.418 e. The van der Waals surface area contributed by atoms with Gasteiger partial charge in [0, 0.05) is 13.6 Å². The average Bonchev–Trinajstić information content (AvgIpc) is 3.08. The maximum Gasteiger partial charge on any atom is 0.418 e. The fourth-order valence-electron chi connectivity index (χ4n) is 2.59. The summed E-state index contributed by atoms with van der Waals surface area (Å²) in [6, 6.07) is 7.87. The van der Waals surface area contributed by atoms with E-state index in [4.69, 9.17) is 14.2 Å². The molecular weight excluding hydrogens is 365 g/mol. The predicted molar refractivity (Wildman–Crippen MR) is 91.0 cm³/mol. The molecule has 2 amide bonds. The Bertz CT molecular complexity index is 855. The molecule has 0 saturated carbocycles. The summed E-state index contributed by atoms with van der Waals surface area (Å²) in [5, 5.41) is 2.30. The number of fused-ring (bicyclic) bond motifs is 1. The van der Waals surface area contributed by atoms with Gasteiger partial charge < -0.3 is 24.4 Å². The fraction of sp³-hybridized carbons (Fsp3) is 0.278. The van der Waals surface area contributed by atoms with Crippen LogP contribution in [-0.2, 0) is 12.7 Å². The van der Waals surface area contributed by atoms with Crippen LogP contribution >= 0.6 is 0 Å². The summed E-state index contributed by atoms with van der Waals surface area (Å²) in [4.78, 5) is 13.6. The monoisotopic (exact) mass is 382 g/mol. The van der Waals surface area contributed by atoms with Gasteiger partial charge in [-0.3, -0.25) is 0 Å². The zero-order chi connectivity index (χ0) is 19.6. The molecule has 1 N–H and O–H groups in total. The van der Waals surface area contributed by atoms with Crippen molar-refractivity contribution in [3.8, 4) is 17.2 Å². The van der Waals surface area contributed by atoms with Gasteiger partial charge in [-0.25, -0.2) is 4.79 Å². The fourth-order valence-corrected chi connectivity index (χ4v) is 2.59. The number of rotatable bonds is 4. The van der Waals surface area contributed by atoms with Gasteiger partial charge in [-0.15, -0.1) is 0 Å². The number of alkyl halides is 3. The van der Waals surface area contributed by atoms with Gasteiger partial charge in [0.2, 0.25) is 6.79 Å². The summed E-state index contributed by atoms with van der Waals surface area (Å²) in [6.45, 7) is 0.312. The molecule has 0 aliphatic carbocycles. The van der Waals surface area contributed by atoms with Crippen LogP contribution in [0.1, 0.15) is 11.1 Å². The Morgan fingerprint density at radius 3 is 2.63 bits per heavy atom. The minimum absolute atomic E-state index is 0.0500. The van der Waals surface area contributed by atoms with Crippen molar-refractivity contribution in [3.63, 3.8) is 0 Å². The number of amides is 2. The molecule has 1 aliphatic heterocycles. The van der Waals surface area contributed by atoms with E-state index in [1.165, 1.54) is 25.1 Å². The van der Waals surface area contributed by atoms with Crippen molar-refractivity contribution in [2.75, 3.05) is 26.3 Å². The van der Waals surface area contributed by atoms with Crippen molar-refractivity contribution in [2.45, 2.75) is 12.7 Å². The molecule has 0 bridgehead atoms. The van der Waals surface area contributed by atoms with Gasteiger partial charge in [-0.1, -0.05) is 6.07 Å². The van der Waals surface area contributed by atoms with E-state index in [0.29, 0.717) is 11.5 Å². The third kappa shape index (κ3) is 4.18. The maximum absolute atomic E-state index is 13.2. The van der Waals surface area contributed by atoms with E-state index in [2.05, 4.69) is 5.32 Å². The third-order valence-electron chi connectivity index (χ3n) is 3.98. The molecule has 27 heavy (non-hydrogen) atoms. The molecule has 6 nitrogen and oxygen atoms in total. The van der Waals surface area contributed by atoms with E-state index in [1.807, 2.05) is 0 Å². The summed E-state index contributed by atoms with van der Waals surface area (Å²) in [6.07, 6.45) is -4.63. The SMILES string of the molecule is COc1ccc(NC(=O)N(C)Cc2ccc3c(c2)OCO3)c(C(F)(F)F)c1. The Hall–Kier alpha value is -3.10. The minimum atomic E-state index is -4.63. The standard InChI is InChI=1S/C18H17F3N2O4/c1-23(9-11-3-6-15-16(7-11)27-10-26-15)17(24)22-14-5-4-12(25-2)8-13(14)18(19,20)21/h3-8H,9-10H2,1-2H3,(H,22,24). The van der Waals surface area contributed by atoms with Crippen molar-refractivity contribution in [1.29, 1.82) is 0 Å². The molecule has 0 spiro atoms. The first kappa shape index (κ1) is 18.7. The van der Waals surface area contributed by atoms with Crippen LogP contribution in [0.3, 0.4) is 0 Å². The highest BCUT2D eigenvalue weighted by Gasteiger charge is 2.34. The summed E-state index contributed by atoms with van der Waals surface area (Å²) in [5.74, 6) is 1.23. The Morgan fingerprint density at radius 1 is 1.19 bits per heavy atom. The molecule has 9 heteroatoms. The summed E-state index contributed by atoms with van der Waals surface area (Å²) < 4.78 is 55.1. The molecule has 0 radical (unpaired) electrons.